The van der Waals surface area contributed by atoms with Gasteiger partial charge >= 0.3 is 0 Å². The third kappa shape index (κ3) is 3.35. The first-order valence-corrected chi connectivity index (χ1v) is 9.44. The first kappa shape index (κ1) is 17.4. The Morgan fingerprint density at radius 1 is 1.33 bits per heavy atom. The molecule has 0 radical (unpaired) electrons. The Hall–Kier alpha value is -3.00. The van der Waals surface area contributed by atoms with Crippen LogP contribution in [0, 0.1) is 13.8 Å². The summed E-state index contributed by atoms with van der Waals surface area (Å²) in [5, 5.41) is 8.15. The van der Waals surface area contributed by atoms with Crippen LogP contribution in [-0.4, -0.2) is 31.7 Å². The minimum Gasteiger partial charge on any atom is -0.461 e. The van der Waals surface area contributed by atoms with Gasteiger partial charge in [-0.1, -0.05) is 0 Å². The maximum Gasteiger partial charge on any atom is 0.261 e. The van der Waals surface area contributed by atoms with E-state index in [9.17, 15) is 4.79 Å². The molecular weight excluding hydrogens is 362 g/mol. The molecule has 1 amide bonds. The molecule has 4 aromatic heterocycles. The first-order valence-electron chi connectivity index (χ1n) is 8.63. The van der Waals surface area contributed by atoms with Gasteiger partial charge in [0.05, 0.1) is 23.4 Å². The van der Waals surface area contributed by atoms with Gasteiger partial charge in [-0.05, 0) is 44.5 Å². The lowest BCUT2D eigenvalue weighted by atomic mass is 10.1. The van der Waals surface area contributed by atoms with Gasteiger partial charge in [-0.2, -0.15) is 5.10 Å². The van der Waals surface area contributed by atoms with Crippen LogP contribution in [-0.2, 0) is 6.54 Å². The van der Waals surface area contributed by atoms with E-state index < -0.39 is 0 Å². The average Bonchev–Trinajstić information content (AvgIpc) is 3.35. The van der Waals surface area contributed by atoms with Crippen molar-refractivity contribution >= 4 is 27.5 Å². The Labute approximate surface area is 160 Å². The topological polar surface area (TPSA) is 85.8 Å². The Bertz CT molecular complexity index is 1080. The van der Waals surface area contributed by atoms with E-state index in [1.165, 1.54) is 11.3 Å². The number of amides is 1. The quantitative estimate of drug-likeness (QED) is 0.571. The summed E-state index contributed by atoms with van der Waals surface area (Å²) in [6.45, 7) is 6.44. The number of rotatable bonds is 5. The van der Waals surface area contributed by atoms with Crippen molar-refractivity contribution in [3.63, 3.8) is 0 Å². The fraction of sp³-hybridized carbons (Fsp3) is 0.263. The summed E-state index contributed by atoms with van der Waals surface area (Å²) >= 11 is 1.38. The second kappa shape index (κ2) is 6.96. The number of nitrogens with zero attached hydrogens (tertiary/aromatic N) is 4. The summed E-state index contributed by atoms with van der Waals surface area (Å²) in [5.41, 5.74) is 1.74. The van der Waals surface area contributed by atoms with Gasteiger partial charge in [0.15, 0.2) is 11.6 Å². The Morgan fingerprint density at radius 3 is 2.89 bits per heavy atom. The molecule has 0 aromatic carbocycles. The zero-order chi connectivity index (χ0) is 19.0. The fourth-order valence-electron chi connectivity index (χ4n) is 3.10. The highest BCUT2D eigenvalue weighted by molar-refractivity contribution is 7.20. The number of hydrogen-bond donors (Lipinski definition) is 1. The maximum absolute atomic E-state index is 12.8. The predicted octanol–water partition coefficient (Wildman–Crippen LogP) is 3.58. The highest BCUT2D eigenvalue weighted by Gasteiger charge is 2.21. The summed E-state index contributed by atoms with van der Waals surface area (Å²) in [4.78, 5) is 23.4. The summed E-state index contributed by atoms with van der Waals surface area (Å²) in [6, 6.07) is 5.44. The number of carbonyl (C=O) groups excluding carboxylic acids is 1. The lowest BCUT2D eigenvalue weighted by molar-refractivity contribution is 0.0939. The molecule has 0 bridgehead atoms. The van der Waals surface area contributed by atoms with Gasteiger partial charge in [-0.25, -0.2) is 9.97 Å². The maximum atomic E-state index is 12.8. The lowest BCUT2D eigenvalue weighted by Crippen LogP contribution is -2.35. The first-order chi connectivity index (χ1) is 13.0. The van der Waals surface area contributed by atoms with Gasteiger partial charge in [-0.15, -0.1) is 11.3 Å². The van der Waals surface area contributed by atoms with Crippen LogP contribution in [0.25, 0.3) is 21.8 Å². The Kier molecular flexibility index (Phi) is 4.49. The molecule has 1 atom stereocenters. The van der Waals surface area contributed by atoms with Crippen molar-refractivity contribution in [3.05, 3.63) is 53.0 Å². The van der Waals surface area contributed by atoms with Crippen molar-refractivity contribution in [1.29, 1.82) is 0 Å². The van der Waals surface area contributed by atoms with E-state index in [0.29, 0.717) is 23.0 Å². The van der Waals surface area contributed by atoms with Gasteiger partial charge in [0.2, 0.25) is 0 Å². The number of hydrogen-bond acceptors (Lipinski definition) is 6. The molecule has 4 aromatic rings. The number of aromatic nitrogens is 4. The highest BCUT2D eigenvalue weighted by Crippen LogP contribution is 2.33. The van der Waals surface area contributed by atoms with Crippen LogP contribution in [0.4, 0.5) is 0 Å². The molecule has 4 heterocycles. The van der Waals surface area contributed by atoms with Crippen molar-refractivity contribution in [2.75, 3.05) is 0 Å². The third-order valence-electron chi connectivity index (χ3n) is 4.32. The number of aryl methyl sites for hydroxylation is 2. The minimum absolute atomic E-state index is 0.0483. The summed E-state index contributed by atoms with van der Waals surface area (Å²) in [5.74, 6) is 1.05. The van der Waals surface area contributed by atoms with Crippen LogP contribution in [0.2, 0.25) is 0 Å². The molecule has 0 saturated carbocycles. The van der Waals surface area contributed by atoms with Crippen LogP contribution in [0.5, 0.6) is 0 Å². The summed E-state index contributed by atoms with van der Waals surface area (Å²) < 4.78 is 7.20. The molecule has 27 heavy (non-hydrogen) atoms. The molecule has 138 valence electrons. The van der Waals surface area contributed by atoms with E-state index in [0.717, 1.165) is 21.5 Å². The molecule has 0 spiro atoms. The minimum atomic E-state index is -0.103. The van der Waals surface area contributed by atoms with Crippen LogP contribution >= 0.6 is 11.3 Å². The van der Waals surface area contributed by atoms with E-state index in [2.05, 4.69) is 20.4 Å². The SMILES string of the molecule is Cc1nc(-c2ccco2)nc2sc(C(=O)N[C@H](C)Cn3cccn3)c(C)c12. The Morgan fingerprint density at radius 2 is 2.19 bits per heavy atom. The second-order valence-corrected chi connectivity index (χ2v) is 7.45. The van der Waals surface area contributed by atoms with Crippen LogP contribution < -0.4 is 5.32 Å². The normalized spacial score (nSPS) is 12.4. The van der Waals surface area contributed by atoms with Crippen molar-refractivity contribution < 1.29 is 9.21 Å². The van der Waals surface area contributed by atoms with Crippen molar-refractivity contribution in [2.24, 2.45) is 0 Å². The molecule has 0 fully saturated rings. The fourth-order valence-corrected chi connectivity index (χ4v) is 4.23. The predicted molar refractivity (Wildman–Crippen MR) is 104 cm³/mol. The standard InChI is InChI=1S/C19H19N5O2S/c1-11(10-24-8-5-7-20-24)21-18(25)16-12(2)15-13(3)22-17(23-19(15)27-16)14-6-4-9-26-14/h4-9,11H,10H2,1-3H3,(H,21,25)/t11-/m1/s1. The third-order valence-corrected chi connectivity index (χ3v) is 5.50. The van der Waals surface area contributed by atoms with Crippen LogP contribution in [0.3, 0.4) is 0 Å². The van der Waals surface area contributed by atoms with E-state index >= 15 is 0 Å². The van der Waals surface area contributed by atoms with E-state index in [1.807, 2.05) is 39.1 Å². The van der Waals surface area contributed by atoms with Crippen molar-refractivity contribution in [1.82, 2.24) is 25.1 Å². The number of furan rings is 1. The molecule has 8 heteroatoms. The summed E-state index contributed by atoms with van der Waals surface area (Å²) in [6.07, 6.45) is 5.20. The second-order valence-electron chi connectivity index (χ2n) is 6.45. The number of carbonyl (C=O) groups is 1. The largest absolute Gasteiger partial charge is 0.461 e. The zero-order valence-electron chi connectivity index (χ0n) is 15.3. The molecule has 1 N–H and O–H groups in total. The lowest BCUT2D eigenvalue weighted by Gasteiger charge is -2.13. The summed E-state index contributed by atoms with van der Waals surface area (Å²) in [7, 11) is 0. The molecule has 0 unspecified atom stereocenters. The smallest absolute Gasteiger partial charge is 0.261 e. The van der Waals surface area contributed by atoms with E-state index in [4.69, 9.17) is 4.42 Å². The number of thiophene rings is 1. The number of nitrogens with one attached hydrogen (secondary N) is 1. The molecular formula is C19H19N5O2S. The van der Waals surface area contributed by atoms with Gasteiger partial charge < -0.3 is 9.73 Å². The molecule has 7 nitrogen and oxygen atoms in total. The van der Waals surface area contributed by atoms with Gasteiger partial charge in [0, 0.05) is 23.8 Å². The average molecular weight is 381 g/mol. The van der Waals surface area contributed by atoms with Gasteiger partial charge in [0.25, 0.3) is 5.91 Å². The van der Waals surface area contributed by atoms with E-state index in [1.54, 1.807) is 23.2 Å². The molecule has 0 saturated heterocycles. The van der Waals surface area contributed by atoms with Crippen molar-refractivity contribution in [2.45, 2.75) is 33.4 Å². The molecule has 0 aliphatic carbocycles. The van der Waals surface area contributed by atoms with Crippen molar-refractivity contribution in [3.8, 4) is 11.6 Å². The number of fused-ring (bicyclic) bond motifs is 1. The molecule has 0 aliphatic rings. The van der Waals surface area contributed by atoms with Crippen LogP contribution in [0.15, 0.2) is 41.3 Å². The Balaban J connectivity index is 1.62. The molecule has 0 aliphatic heterocycles. The van der Waals surface area contributed by atoms with E-state index in [-0.39, 0.29) is 11.9 Å². The van der Waals surface area contributed by atoms with Gasteiger partial charge in [-0.3, -0.25) is 9.48 Å². The molecule has 4 rings (SSSR count). The van der Waals surface area contributed by atoms with Gasteiger partial charge in [0.1, 0.15) is 4.83 Å². The van der Waals surface area contributed by atoms with Crippen LogP contribution in [0.1, 0.15) is 27.9 Å². The highest BCUT2D eigenvalue weighted by atomic mass is 32.1. The monoisotopic (exact) mass is 381 g/mol. The zero-order valence-corrected chi connectivity index (χ0v) is 16.1.